The molecule has 4 heteroatoms. The van der Waals surface area contributed by atoms with E-state index < -0.39 is 6.10 Å². The molecule has 0 aromatic heterocycles. The van der Waals surface area contributed by atoms with Crippen LogP contribution in [0.3, 0.4) is 0 Å². The number of aliphatic hydroxyl groups excluding tert-OH is 1. The van der Waals surface area contributed by atoms with Crippen molar-refractivity contribution in [3.8, 4) is 0 Å². The first-order valence-electron chi connectivity index (χ1n) is 7.66. The lowest BCUT2D eigenvalue weighted by Crippen LogP contribution is -2.41. The highest BCUT2D eigenvalue weighted by Crippen LogP contribution is 2.13. The van der Waals surface area contributed by atoms with E-state index in [1.807, 2.05) is 48.5 Å². The van der Waals surface area contributed by atoms with Crippen molar-refractivity contribution in [3.05, 3.63) is 71.8 Å². The molecule has 2 aromatic carbocycles. The number of aliphatic hydroxyl groups is 1. The Balaban J connectivity index is 1.87. The molecule has 2 rings (SSSR count). The summed E-state index contributed by atoms with van der Waals surface area (Å²) in [5.41, 5.74) is 8.58. The molecule has 4 unspecified atom stereocenters. The second-order valence-corrected chi connectivity index (χ2v) is 6.04. The van der Waals surface area contributed by atoms with Crippen LogP contribution in [0.5, 0.6) is 0 Å². The summed E-state index contributed by atoms with van der Waals surface area (Å²) in [6.45, 7) is 0. The van der Waals surface area contributed by atoms with Gasteiger partial charge in [-0.05, 0) is 30.4 Å². The average Bonchev–Trinajstić information content (AvgIpc) is 2.56. The van der Waals surface area contributed by atoms with E-state index in [1.54, 1.807) is 0 Å². The lowest BCUT2D eigenvalue weighted by atomic mass is 9.95. The van der Waals surface area contributed by atoms with E-state index in [4.69, 9.17) is 5.73 Å². The highest BCUT2D eigenvalue weighted by atomic mass is 31.0. The van der Waals surface area contributed by atoms with Crippen molar-refractivity contribution in [1.82, 2.24) is 5.09 Å². The topological polar surface area (TPSA) is 58.3 Å². The highest BCUT2D eigenvalue weighted by Gasteiger charge is 2.20. The Morgan fingerprint density at radius 1 is 0.909 bits per heavy atom. The summed E-state index contributed by atoms with van der Waals surface area (Å²) in [6.07, 6.45) is 1.67. The largest absolute Gasteiger partial charge is 0.391 e. The number of nitrogens with one attached hydrogen (secondary N) is 1. The zero-order chi connectivity index (χ0) is 15.8. The second kappa shape index (κ2) is 9.02. The monoisotopic (exact) mass is 316 g/mol. The number of hydrogen-bond donors (Lipinski definition) is 3. The van der Waals surface area contributed by atoms with Gasteiger partial charge in [0.1, 0.15) is 0 Å². The molecule has 0 fully saturated rings. The van der Waals surface area contributed by atoms with E-state index in [0.717, 1.165) is 12.0 Å². The van der Waals surface area contributed by atoms with Gasteiger partial charge in [-0.1, -0.05) is 70.1 Å². The third kappa shape index (κ3) is 5.51. The van der Waals surface area contributed by atoms with Gasteiger partial charge in [-0.15, -0.1) is 0 Å². The van der Waals surface area contributed by atoms with Crippen LogP contribution in [0.4, 0.5) is 0 Å². The summed E-state index contributed by atoms with van der Waals surface area (Å²) >= 11 is 0. The molecule has 4 atom stereocenters. The Hall–Kier alpha value is -1.25. The van der Waals surface area contributed by atoms with Gasteiger partial charge in [0.15, 0.2) is 0 Å². The average molecular weight is 316 g/mol. The van der Waals surface area contributed by atoms with Crippen molar-refractivity contribution in [2.24, 2.45) is 5.73 Å². The zero-order valence-corrected chi connectivity index (χ0v) is 13.9. The Labute approximate surface area is 135 Å². The zero-order valence-electron chi connectivity index (χ0n) is 12.7. The fourth-order valence-electron chi connectivity index (χ4n) is 2.60. The summed E-state index contributed by atoms with van der Waals surface area (Å²) in [6, 6.07) is 20.3. The predicted molar refractivity (Wildman–Crippen MR) is 95.5 cm³/mol. The summed E-state index contributed by atoms with van der Waals surface area (Å²) < 4.78 is 0. The molecule has 0 aliphatic rings. The van der Waals surface area contributed by atoms with E-state index in [2.05, 4.69) is 26.6 Å². The molecule has 0 saturated heterocycles. The van der Waals surface area contributed by atoms with Gasteiger partial charge in [-0.25, -0.2) is 0 Å². The Morgan fingerprint density at radius 2 is 1.41 bits per heavy atom. The molecule has 118 valence electrons. The van der Waals surface area contributed by atoms with Crippen LogP contribution in [0.25, 0.3) is 0 Å². The van der Waals surface area contributed by atoms with Crippen molar-refractivity contribution in [1.29, 1.82) is 0 Å². The quantitative estimate of drug-likeness (QED) is 0.655. The molecule has 4 N–H and O–H groups in total. The molecule has 0 heterocycles. The number of benzene rings is 2. The van der Waals surface area contributed by atoms with Crippen LogP contribution >= 0.6 is 9.39 Å². The number of hydrogen-bond acceptors (Lipinski definition) is 3. The van der Waals surface area contributed by atoms with Gasteiger partial charge in [-0.3, -0.25) is 5.09 Å². The van der Waals surface area contributed by atoms with Crippen LogP contribution in [0.2, 0.25) is 0 Å². The van der Waals surface area contributed by atoms with Crippen molar-refractivity contribution in [2.45, 2.75) is 37.5 Å². The summed E-state index contributed by atoms with van der Waals surface area (Å²) in [5, 5.41) is 13.6. The molecule has 0 radical (unpaired) electrons. The van der Waals surface area contributed by atoms with Crippen molar-refractivity contribution in [2.75, 3.05) is 0 Å². The predicted octanol–water partition coefficient (Wildman–Crippen LogP) is 2.30. The number of nitrogens with two attached hydrogens (primary N) is 1. The van der Waals surface area contributed by atoms with Crippen LogP contribution in [0, 0.1) is 0 Å². The molecular formula is C18H25N2OP. The van der Waals surface area contributed by atoms with Gasteiger partial charge in [0.25, 0.3) is 0 Å². The summed E-state index contributed by atoms with van der Waals surface area (Å²) in [7, 11) is 2.55. The molecule has 0 saturated carbocycles. The van der Waals surface area contributed by atoms with E-state index in [9.17, 15) is 5.11 Å². The maximum Gasteiger partial charge on any atom is 0.0709 e. The minimum atomic E-state index is -0.526. The molecule has 3 nitrogen and oxygen atoms in total. The van der Waals surface area contributed by atoms with Gasteiger partial charge >= 0.3 is 0 Å². The van der Waals surface area contributed by atoms with Crippen LogP contribution in [-0.4, -0.2) is 23.3 Å². The van der Waals surface area contributed by atoms with E-state index in [0.29, 0.717) is 12.8 Å². The van der Waals surface area contributed by atoms with Gasteiger partial charge in [0.05, 0.1) is 6.10 Å². The first kappa shape index (κ1) is 17.1. The first-order chi connectivity index (χ1) is 10.7. The van der Waals surface area contributed by atoms with Crippen LogP contribution in [-0.2, 0) is 12.8 Å². The minimum Gasteiger partial charge on any atom is -0.391 e. The SMILES string of the molecule is NC(Cc1ccccc1)C(O)CC(Cc1ccccc1)NP. The molecule has 0 aliphatic heterocycles. The van der Waals surface area contributed by atoms with Gasteiger partial charge in [-0.2, -0.15) is 0 Å². The number of rotatable bonds is 8. The molecule has 0 spiro atoms. The Bertz CT molecular complexity index is 535. The Morgan fingerprint density at radius 3 is 1.91 bits per heavy atom. The summed E-state index contributed by atoms with van der Waals surface area (Å²) in [4.78, 5) is 0. The lowest BCUT2D eigenvalue weighted by molar-refractivity contribution is 0.124. The highest BCUT2D eigenvalue weighted by molar-refractivity contribution is 7.13. The molecule has 0 amide bonds. The van der Waals surface area contributed by atoms with Crippen LogP contribution < -0.4 is 10.8 Å². The van der Waals surface area contributed by atoms with Gasteiger partial charge < -0.3 is 10.8 Å². The molecule has 2 aromatic rings. The van der Waals surface area contributed by atoms with Crippen molar-refractivity contribution < 1.29 is 5.11 Å². The third-order valence-corrected chi connectivity index (χ3v) is 4.37. The van der Waals surface area contributed by atoms with E-state index in [-0.39, 0.29) is 12.1 Å². The lowest BCUT2D eigenvalue weighted by Gasteiger charge is -2.24. The van der Waals surface area contributed by atoms with Crippen LogP contribution in [0.15, 0.2) is 60.7 Å². The van der Waals surface area contributed by atoms with Gasteiger partial charge in [0.2, 0.25) is 0 Å². The summed E-state index contributed by atoms with van der Waals surface area (Å²) in [5.74, 6) is 0. The van der Waals surface area contributed by atoms with Crippen LogP contribution in [0.1, 0.15) is 17.5 Å². The maximum absolute atomic E-state index is 10.4. The smallest absolute Gasteiger partial charge is 0.0709 e. The fourth-order valence-corrected chi connectivity index (χ4v) is 2.85. The molecule has 22 heavy (non-hydrogen) atoms. The van der Waals surface area contributed by atoms with Crippen molar-refractivity contribution in [3.63, 3.8) is 0 Å². The fraction of sp³-hybridized carbons (Fsp3) is 0.333. The maximum atomic E-state index is 10.4. The first-order valence-corrected chi connectivity index (χ1v) is 8.24. The second-order valence-electron chi connectivity index (χ2n) is 5.71. The Kier molecular flexibility index (Phi) is 7.01. The molecular weight excluding hydrogens is 291 g/mol. The molecule has 0 bridgehead atoms. The third-order valence-electron chi connectivity index (χ3n) is 3.90. The standard InChI is InChI=1S/C18H25N2OP/c19-17(12-15-9-5-2-6-10-15)18(21)13-16(20-22)11-14-7-3-1-4-8-14/h1-10,16-18,20-21H,11-13,19,22H2. The van der Waals surface area contributed by atoms with Gasteiger partial charge in [0, 0.05) is 12.1 Å². The van der Waals surface area contributed by atoms with Crippen molar-refractivity contribution >= 4 is 9.39 Å². The normalized spacial score (nSPS) is 15.2. The van der Waals surface area contributed by atoms with E-state index >= 15 is 0 Å². The minimum absolute atomic E-state index is 0.184. The van der Waals surface area contributed by atoms with E-state index in [1.165, 1.54) is 5.56 Å². The molecule has 0 aliphatic carbocycles.